The smallest absolute Gasteiger partial charge is 0.252 e. The van der Waals surface area contributed by atoms with E-state index in [1.807, 2.05) is 30.3 Å². The van der Waals surface area contributed by atoms with Crippen molar-refractivity contribution in [3.05, 3.63) is 70.9 Å². The van der Waals surface area contributed by atoms with E-state index in [4.69, 9.17) is 4.42 Å². The number of benzene rings is 1. The molecule has 3 rings (SSSR count). The van der Waals surface area contributed by atoms with Gasteiger partial charge in [-0.3, -0.25) is 9.78 Å². The molecule has 0 unspecified atom stereocenters. The van der Waals surface area contributed by atoms with Crippen molar-refractivity contribution in [1.82, 2.24) is 9.97 Å². The number of hydrogen-bond donors (Lipinski definition) is 2. The third kappa shape index (κ3) is 3.24. The number of nitrogens with one attached hydrogen (secondary N) is 2. The Morgan fingerprint density at radius 1 is 1.19 bits per heavy atom. The van der Waals surface area contributed by atoms with Crippen LogP contribution in [0.4, 0.5) is 5.95 Å². The maximum absolute atomic E-state index is 11.7. The quantitative estimate of drug-likeness (QED) is 0.568. The molecule has 0 aliphatic rings. The summed E-state index contributed by atoms with van der Waals surface area (Å²) in [5.74, 6) is 0.869. The van der Waals surface area contributed by atoms with E-state index in [2.05, 4.69) is 20.5 Å². The maximum atomic E-state index is 11.7. The van der Waals surface area contributed by atoms with Crippen LogP contribution >= 0.6 is 0 Å². The van der Waals surface area contributed by atoms with Crippen LogP contribution in [0.3, 0.4) is 0 Å². The Bertz CT molecular complexity index is 792. The highest BCUT2D eigenvalue weighted by molar-refractivity contribution is 5.76. The Balaban J connectivity index is 1.83. The van der Waals surface area contributed by atoms with Gasteiger partial charge < -0.3 is 4.42 Å². The van der Waals surface area contributed by atoms with Crippen LogP contribution in [0.25, 0.3) is 11.3 Å². The minimum Gasteiger partial charge on any atom is -0.463 e. The largest absolute Gasteiger partial charge is 0.463 e. The number of furan rings is 1. The van der Waals surface area contributed by atoms with Crippen molar-refractivity contribution in [2.24, 2.45) is 5.10 Å². The summed E-state index contributed by atoms with van der Waals surface area (Å²) in [4.78, 5) is 18.6. The summed E-state index contributed by atoms with van der Waals surface area (Å²) in [5.41, 5.74) is 3.87. The van der Waals surface area contributed by atoms with Crippen LogP contribution in [-0.4, -0.2) is 16.2 Å². The summed E-state index contributed by atoms with van der Waals surface area (Å²) in [5, 5.41) is 3.96. The van der Waals surface area contributed by atoms with Gasteiger partial charge in [-0.15, -0.1) is 0 Å². The number of aromatic amines is 1. The molecule has 3 aromatic rings. The molecule has 0 radical (unpaired) electrons. The lowest BCUT2D eigenvalue weighted by Crippen LogP contribution is -2.10. The molecule has 0 spiro atoms. The van der Waals surface area contributed by atoms with Gasteiger partial charge in [0, 0.05) is 11.6 Å². The molecule has 0 fully saturated rings. The van der Waals surface area contributed by atoms with Crippen LogP contribution in [-0.2, 0) is 0 Å². The topological polar surface area (TPSA) is 83.3 Å². The second kappa shape index (κ2) is 5.87. The second-order valence-corrected chi connectivity index (χ2v) is 4.23. The highest BCUT2D eigenvalue weighted by Gasteiger charge is 2.02. The molecule has 2 aromatic heterocycles. The van der Waals surface area contributed by atoms with Crippen molar-refractivity contribution in [3.8, 4) is 11.3 Å². The van der Waals surface area contributed by atoms with E-state index in [9.17, 15) is 4.79 Å². The molecule has 0 amide bonds. The monoisotopic (exact) mass is 280 g/mol. The summed E-state index contributed by atoms with van der Waals surface area (Å²) < 4.78 is 5.11. The van der Waals surface area contributed by atoms with Gasteiger partial charge >= 0.3 is 0 Å². The number of anilines is 1. The van der Waals surface area contributed by atoms with E-state index in [0.29, 0.717) is 11.5 Å². The van der Waals surface area contributed by atoms with E-state index in [-0.39, 0.29) is 11.5 Å². The standard InChI is InChI=1S/C15H12N4O2/c20-14-9-13(11-5-2-1-3-6-11)17-15(18-14)19-16-10-12-7-4-8-21-12/h1-10H,(H2,17,18,19,20)/b16-10-. The first-order valence-corrected chi connectivity index (χ1v) is 6.31. The first-order chi connectivity index (χ1) is 10.3. The fourth-order valence-corrected chi connectivity index (χ4v) is 1.79. The summed E-state index contributed by atoms with van der Waals surface area (Å²) in [6.07, 6.45) is 3.05. The third-order valence-electron chi connectivity index (χ3n) is 2.72. The minimum atomic E-state index is -0.250. The van der Waals surface area contributed by atoms with Gasteiger partial charge in [0.1, 0.15) is 5.76 Å². The number of aromatic nitrogens is 2. The predicted molar refractivity (Wildman–Crippen MR) is 80.2 cm³/mol. The highest BCUT2D eigenvalue weighted by atomic mass is 16.3. The Hall–Kier alpha value is -3.15. The van der Waals surface area contributed by atoms with Gasteiger partial charge in [0.25, 0.3) is 5.56 Å². The minimum absolute atomic E-state index is 0.250. The van der Waals surface area contributed by atoms with Crippen molar-refractivity contribution in [3.63, 3.8) is 0 Å². The van der Waals surface area contributed by atoms with Gasteiger partial charge in [-0.2, -0.15) is 5.10 Å². The van der Waals surface area contributed by atoms with Gasteiger partial charge in [-0.25, -0.2) is 10.4 Å². The van der Waals surface area contributed by atoms with Crippen LogP contribution in [0, 0.1) is 0 Å². The Morgan fingerprint density at radius 2 is 2.05 bits per heavy atom. The molecule has 0 aliphatic heterocycles. The fraction of sp³-hybridized carbons (Fsp3) is 0. The lowest BCUT2D eigenvalue weighted by molar-refractivity contribution is 0.560. The van der Waals surface area contributed by atoms with E-state index >= 15 is 0 Å². The zero-order chi connectivity index (χ0) is 14.5. The molecular weight excluding hydrogens is 268 g/mol. The zero-order valence-corrected chi connectivity index (χ0v) is 11.0. The maximum Gasteiger partial charge on any atom is 0.252 e. The Morgan fingerprint density at radius 3 is 2.81 bits per heavy atom. The van der Waals surface area contributed by atoms with Gasteiger partial charge in [0.05, 0.1) is 18.2 Å². The molecule has 0 aliphatic carbocycles. The third-order valence-corrected chi connectivity index (χ3v) is 2.72. The van der Waals surface area contributed by atoms with Gasteiger partial charge in [0.15, 0.2) is 0 Å². The van der Waals surface area contributed by atoms with E-state index in [0.717, 1.165) is 5.56 Å². The van der Waals surface area contributed by atoms with Crippen molar-refractivity contribution in [2.45, 2.75) is 0 Å². The average Bonchev–Trinajstić information content (AvgIpc) is 3.01. The van der Waals surface area contributed by atoms with Gasteiger partial charge in [-0.1, -0.05) is 30.3 Å². The molecule has 6 heteroatoms. The van der Waals surface area contributed by atoms with Crippen LogP contribution in [0.2, 0.25) is 0 Å². The zero-order valence-electron chi connectivity index (χ0n) is 11.0. The molecule has 2 heterocycles. The number of hydrogen-bond acceptors (Lipinski definition) is 5. The van der Waals surface area contributed by atoms with Gasteiger partial charge in [0.2, 0.25) is 5.95 Å². The molecule has 0 saturated carbocycles. The second-order valence-electron chi connectivity index (χ2n) is 4.23. The van der Waals surface area contributed by atoms with Crippen LogP contribution in [0.15, 0.2) is 69.1 Å². The first-order valence-electron chi connectivity index (χ1n) is 6.31. The first kappa shape index (κ1) is 12.9. The van der Waals surface area contributed by atoms with E-state index in [1.165, 1.54) is 12.3 Å². The van der Waals surface area contributed by atoms with Crippen molar-refractivity contribution in [1.29, 1.82) is 0 Å². The van der Waals surface area contributed by atoms with Crippen LogP contribution < -0.4 is 11.0 Å². The molecule has 0 atom stereocenters. The number of nitrogens with zero attached hydrogens (tertiary/aromatic N) is 2. The SMILES string of the molecule is O=c1cc(-c2ccccc2)nc(N/N=C\c2ccco2)[nH]1. The molecule has 104 valence electrons. The highest BCUT2D eigenvalue weighted by Crippen LogP contribution is 2.15. The lowest BCUT2D eigenvalue weighted by atomic mass is 10.1. The fourth-order valence-electron chi connectivity index (χ4n) is 1.79. The molecule has 21 heavy (non-hydrogen) atoms. The molecule has 0 bridgehead atoms. The molecule has 6 nitrogen and oxygen atoms in total. The average molecular weight is 280 g/mol. The number of H-pyrrole nitrogens is 1. The van der Waals surface area contributed by atoms with E-state index < -0.39 is 0 Å². The Kier molecular flexibility index (Phi) is 3.60. The summed E-state index contributed by atoms with van der Waals surface area (Å²) in [6.45, 7) is 0. The number of rotatable bonds is 4. The van der Waals surface area contributed by atoms with Crippen molar-refractivity contribution < 1.29 is 4.42 Å². The van der Waals surface area contributed by atoms with Crippen LogP contribution in [0.1, 0.15) is 5.76 Å². The summed E-state index contributed by atoms with van der Waals surface area (Å²) in [7, 11) is 0. The number of hydrazone groups is 1. The van der Waals surface area contributed by atoms with E-state index in [1.54, 1.807) is 18.4 Å². The van der Waals surface area contributed by atoms with Crippen molar-refractivity contribution >= 4 is 12.2 Å². The Labute approximate surface area is 120 Å². The predicted octanol–water partition coefficient (Wildman–Crippen LogP) is 2.48. The molecule has 2 N–H and O–H groups in total. The molecule has 1 aromatic carbocycles. The lowest BCUT2D eigenvalue weighted by Gasteiger charge is -2.03. The molecule has 0 saturated heterocycles. The summed E-state index contributed by atoms with van der Waals surface area (Å²) >= 11 is 0. The van der Waals surface area contributed by atoms with Gasteiger partial charge in [-0.05, 0) is 12.1 Å². The molecular formula is C15H12N4O2. The van der Waals surface area contributed by atoms with Crippen molar-refractivity contribution in [2.75, 3.05) is 5.43 Å². The summed E-state index contributed by atoms with van der Waals surface area (Å²) in [6, 6.07) is 14.4. The van der Waals surface area contributed by atoms with Crippen LogP contribution in [0.5, 0.6) is 0 Å². The normalized spacial score (nSPS) is 10.9.